The highest BCUT2D eigenvalue weighted by molar-refractivity contribution is 8.07. The Morgan fingerprint density at radius 3 is 1.59 bits per heavy atom. The Morgan fingerprint density at radius 1 is 0.793 bits per heavy atom. The molecular formula is C27H37OS+. The molecule has 8 aliphatic carbocycles. The number of rotatable bonds is 3. The van der Waals surface area contributed by atoms with E-state index in [1.165, 1.54) is 44.3 Å². The van der Waals surface area contributed by atoms with Crippen LogP contribution in [0, 0.1) is 46.3 Å². The van der Waals surface area contributed by atoms with E-state index in [-0.39, 0.29) is 0 Å². The van der Waals surface area contributed by atoms with Crippen LogP contribution in [-0.2, 0) is 4.42 Å². The van der Waals surface area contributed by atoms with Gasteiger partial charge in [-0.3, -0.25) is 4.42 Å². The molecule has 2 heteroatoms. The van der Waals surface area contributed by atoms with Crippen LogP contribution in [0.5, 0.6) is 0 Å². The average Bonchev–Trinajstić information content (AvgIpc) is 3.07. The monoisotopic (exact) mass is 409 g/mol. The van der Waals surface area contributed by atoms with Gasteiger partial charge >= 0.3 is 5.78 Å². The molecule has 29 heavy (non-hydrogen) atoms. The molecule has 0 saturated heterocycles. The van der Waals surface area contributed by atoms with Crippen LogP contribution in [0.4, 0.5) is 0 Å². The summed E-state index contributed by atoms with van der Waals surface area (Å²) in [5.74, 6) is 7.41. The summed E-state index contributed by atoms with van der Waals surface area (Å²) in [6, 6.07) is 0. The van der Waals surface area contributed by atoms with Gasteiger partial charge in [-0.2, -0.15) is 0 Å². The van der Waals surface area contributed by atoms with Crippen LogP contribution in [0.1, 0.15) is 84.0 Å². The molecule has 9 rings (SSSR count). The number of hydrogen-bond donors (Lipinski definition) is 0. The Bertz CT molecular complexity index is 698. The topological polar surface area (TPSA) is 11.3 Å². The lowest BCUT2D eigenvalue weighted by atomic mass is 9.40. The molecule has 1 heterocycles. The third-order valence-corrected chi connectivity index (χ3v) is 11.2. The minimum atomic E-state index is 0.525. The minimum absolute atomic E-state index is 0.525. The van der Waals surface area contributed by atoms with Crippen molar-refractivity contribution in [2.45, 2.75) is 84.0 Å². The molecule has 0 unspecified atom stereocenters. The first-order valence-corrected chi connectivity index (χ1v) is 13.6. The van der Waals surface area contributed by atoms with Gasteiger partial charge in [-0.15, -0.1) is 0 Å². The van der Waals surface area contributed by atoms with Gasteiger partial charge in [0.2, 0.25) is 0 Å². The van der Waals surface area contributed by atoms with E-state index in [1.807, 2.05) is 17.3 Å². The van der Waals surface area contributed by atoms with Gasteiger partial charge in [0.05, 0.1) is 6.08 Å². The van der Waals surface area contributed by atoms with E-state index in [0.29, 0.717) is 10.8 Å². The van der Waals surface area contributed by atoms with E-state index in [0.717, 1.165) is 42.1 Å². The molecule has 0 radical (unpaired) electrons. The predicted octanol–water partition coefficient (Wildman–Crippen LogP) is 7.06. The summed E-state index contributed by atoms with van der Waals surface area (Å²) in [6.45, 7) is 2.97. The van der Waals surface area contributed by atoms with Crippen molar-refractivity contribution < 1.29 is 4.42 Å². The second-order valence-corrected chi connectivity index (χ2v) is 13.2. The second-order valence-electron chi connectivity index (χ2n) is 12.3. The fourth-order valence-electron chi connectivity index (χ4n) is 10.6. The van der Waals surface area contributed by atoms with E-state index in [1.54, 1.807) is 43.4 Å². The number of ketones is 1. The Kier molecular flexibility index (Phi) is 3.91. The maximum atomic E-state index is 6.27. The molecule has 156 valence electrons. The first kappa shape index (κ1) is 18.1. The maximum absolute atomic E-state index is 6.27. The van der Waals surface area contributed by atoms with Gasteiger partial charge in [0, 0.05) is 6.92 Å². The molecule has 1 nitrogen and oxygen atoms in total. The average molecular weight is 410 g/mol. The second kappa shape index (κ2) is 6.27. The van der Waals surface area contributed by atoms with E-state index >= 15 is 0 Å². The number of thioether (sulfide) groups is 1. The van der Waals surface area contributed by atoms with Crippen LogP contribution in [-0.4, -0.2) is 12.4 Å². The molecule has 0 aromatic heterocycles. The molecule has 0 atom stereocenters. The standard InChI is InChI=1S/C27H37OS/c1-2-28-23-3-4-29-24(23)25(26-11-17-5-18(12-26)7-19(6-17)13-26)27-14-20-8-21(15-27)10-22(9-20)16-27/h3-4,17-22H,2,5-16H2,1H3/q+1. The van der Waals surface area contributed by atoms with Crippen molar-refractivity contribution in [1.29, 1.82) is 0 Å². The molecule has 8 saturated carbocycles. The predicted molar refractivity (Wildman–Crippen MR) is 121 cm³/mol. The van der Waals surface area contributed by atoms with Crippen molar-refractivity contribution in [3.8, 4) is 0 Å². The minimum Gasteiger partial charge on any atom is -0.254 e. The molecular weight excluding hydrogens is 372 g/mol. The SMILES string of the molecule is CC[O+]=C1C=CSC1=C(C12CC3CC(CC(C3)C1)C2)C12CC3CC(CC(C3)C1)C2. The first-order chi connectivity index (χ1) is 14.1. The summed E-state index contributed by atoms with van der Waals surface area (Å²) in [7, 11) is 0. The lowest BCUT2D eigenvalue weighted by Gasteiger charge is -2.65. The highest BCUT2D eigenvalue weighted by atomic mass is 32.2. The summed E-state index contributed by atoms with van der Waals surface area (Å²) in [6.07, 6.45) is 20.7. The Morgan fingerprint density at radius 2 is 1.21 bits per heavy atom. The Hall–Kier alpha value is -0.500. The summed E-state index contributed by atoms with van der Waals surface area (Å²) >= 11 is 2.03. The smallest absolute Gasteiger partial charge is 0.254 e. The van der Waals surface area contributed by atoms with Crippen LogP contribution in [0.25, 0.3) is 0 Å². The first-order valence-electron chi connectivity index (χ1n) is 12.7. The zero-order chi connectivity index (χ0) is 19.2. The van der Waals surface area contributed by atoms with Crippen molar-refractivity contribution in [2.75, 3.05) is 6.61 Å². The maximum Gasteiger partial charge on any atom is 0.357 e. The van der Waals surface area contributed by atoms with E-state index in [9.17, 15) is 0 Å². The number of carbonyl (C=O) groups excluding carboxylic acids is 1. The van der Waals surface area contributed by atoms with Gasteiger partial charge in [0.25, 0.3) is 6.61 Å². The third-order valence-electron chi connectivity index (χ3n) is 10.3. The molecule has 0 spiro atoms. The van der Waals surface area contributed by atoms with Crippen molar-refractivity contribution in [3.63, 3.8) is 0 Å². The lowest BCUT2D eigenvalue weighted by Crippen LogP contribution is -2.54. The van der Waals surface area contributed by atoms with Crippen molar-refractivity contribution in [1.82, 2.24) is 0 Å². The molecule has 1 aliphatic heterocycles. The van der Waals surface area contributed by atoms with Crippen LogP contribution in [0.15, 0.2) is 22.0 Å². The van der Waals surface area contributed by atoms with Gasteiger partial charge in [-0.05, 0) is 134 Å². The zero-order valence-electron chi connectivity index (χ0n) is 18.1. The van der Waals surface area contributed by atoms with Gasteiger partial charge in [0.15, 0.2) is 0 Å². The van der Waals surface area contributed by atoms with Crippen molar-refractivity contribution in [2.24, 2.45) is 46.3 Å². The molecule has 9 aliphatic rings. The molecule has 0 N–H and O–H groups in total. The number of allylic oxidation sites excluding steroid dienone is 3. The summed E-state index contributed by atoms with van der Waals surface area (Å²) in [5.41, 5.74) is 3.02. The Balaban J connectivity index is 1.41. The summed E-state index contributed by atoms with van der Waals surface area (Å²) in [4.78, 5) is 1.61. The van der Waals surface area contributed by atoms with Gasteiger partial charge in [-0.25, -0.2) is 0 Å². The molecule has 0 aromatic carbocycles. The zero-order valence-corrected chi connectivity index (χ0v) is 18.9. The van der Waals surface area contributed by atoms with E-state index < -0.39 is 0 Å². The van der Waals surface area contributed by atoms with Crippen LogP contribution in [0.3, 0.4) is 0 Å². The molecule has 0 amide bonds. The summed E-state index contributed by atoms with van der Waals surface area (Å²) < 4.78 is 6.27. The fraction of sp³-hybridized carbons (Fsp3) is 0.815. The highest BCUT2D eigenvalue weighted by Crippen LogP contribution is 2.72. The third kappa shape index (κ3) is 2.63. The van der Waals surface area contributed by atoms with Crippen LogP contribution < -0.4 is 0 Å². The van der Waals surface area contributed by atoms with Gasteiger partial charge in [0.1, 0.15) is 4.91 Å². The lowest BCUT2D eigenvalue weighted by molar-refractivity contribution is -0.450. The molecule has 8 fully saturated rings. The van der Waals surface area contributed by atoms with Gasteiger partial charge < -0.3 is 0 Å². The van der Waals surface area contributed by atoms with E-state index in [4.69, 9.17) is 4.42 Å². The number of hydrogen-bond acceptors (Lipinski definition) is 1. The largest absolute Gasteiger partial charge is 0.357 e. The normalized spacial score (nSPS) is 52.9. The highest BCUT2D eigenvalue weighted by Gasteiger charge is 2.62. The van der Waals surface area contributed by atoms with Crippen LogP contribution >= 0.6 is 11.8 Å². The van der Waals surface area contributed by atoms with Crippen molar-refractivity contribution in [3.05, 3.63) is 22.0 Å². The summed E-state index contributed by atoms with van der Waals surface area (Å²) in [5, 5.41) is 2.33. The quantitative estimate of drug-likeness (QED) is 0.359. The fourth-order valence-corrected chi connectivity index (χ4v) is 11.7. The Labute approximate surface area is 180 Å². The molecule has 8 bridgehead atoms. The van der Waals surface area contributed by atoms with Crippen LogP contribution in [0.2, 0.25) is 0 Å². The van der Waals surface area contributed by atoms with Gasteiger partial charge in [-0.1, -0.05) is 11.8 Å². The van der Waals surface area contributed by atoms with Crippen molar-refractivity contribution >= 4 is 17.5 Å². The molecule has 0 aromatic rings. The van der Waals surface area contributed by atoms with E-state index in [2.05, 4.69) is 18.4 Å².